The van der Waals surface area contributed by atoms with Crippen molar-refractivity contribution in [3.8, 4) is 6.07 Å². The molecular weight excluding hydrogens is 1770 g/mol. The second kappa shape index (κ2) is 39.1. The van der Waals surface area contributed by atoms with E-state index in [9.17, 15) is 87.9 Å². The molecule has 62 heteroatoms. The summed E-state index contributed by atoms with van der Waals surface area (Å²) in [4.78, 5) is 126. The van der Waals surface area contributed by atoms with E-state index in [1.165, 1.54) is 73.6 Å². The van der Waals surface area contributed by atoms with E-state index in [-0.39, 0.29) is 129 Å². The van der Waals surface area contributed by atoms with Crippen LogP contribution in [0.2, 0.25) is 36.5 Å². The Balaban J connectivity index is 0.000000272. The monoisotopic (exact) mass is 1860 g/mol. The van der Waals surface area contributed by atoms with Crippen LogP contribution >= 0.6 is 68.8 Å². The van der Waals surface area contributed by atoms with Crippen molar-refractivity contribution < 1.29 is 175 Å². The molecule has 0 radical (unpaired) electrons. The summed E-state index contributed by atoms with van der Waals surface area (Å²) in [5.41, 5.74) is 16.6. The number of nitriles is 1. The van der Waals surface area contributed by atoms with Gasteiger partial charge in [0.1, 0.15) is 95.6 Å². The van der Waals surface area contributed by atoms with Gasteiger partial charge >= 0.3 is 68.0 Å². The molecular formula is C56H94Cl2N21NaO31P6Si. The minimum atomic E-state index is -5.65. The van der Waals surface area contributed by atoms with Gasteiger partial charge in [0.05, 0.1) is 86.3 Å². The van der Waals surface area contributed by atoms with Crippen molar-refractivity contribution in [3.63, 3.8) is 0 Å². The van der Waals surface area contributed by atoms with E-state index in [0.29, 0.717) is 17.6 Å². The van der Waals surface area contributed by atoms with Crippen LogP contribution in [0.3, 0.4) is 0 Å². The molecule has 52 nitrogen and oxygen atoms in total. The predicted octanol–water partition coefficient (Wildman–Crippen LogP) is -3.26. The number of halogens is 2. The van der Waals surface area contributed by atoms with Gasteiger partial charge in [-0.1, -0.05) is 49.4 Å². The number of aliphatic imine (C=N–C) groups is 1. The molecule has 0 bridgehead atoms. The van der Waals surface area contributed by atoms with Gasteiger partial charge in [0.25, 0.3) is 5.56 Å². The number of H-pyrrole nitrogens is 1. The zero-order valence-electron chi connectivity index (χ0n) is 64.8. The van der Waals surface area contributed by atoms with E-state index >= 15 is 0 Å². The predicted molar refractivity (Wildman–Crippen MR) is 414 cm³/mol. The number of nitrogens with one attached hydrogen (secondary N) is 2. The summed E-state index contributed by atoms with van der Waals surface area (Å²) >= 11 is 12.0. The summed E-state index contributed by atoms with van der Waals surface area (Å²) in [5.74, 6) is -0.172. The van der Waals surface area contributed by atoms with E-state index in [4.69, 9.17) is 99.7 Å². The molecule has 12 rings (SSSR count). The second-order valence-corrected chi connectivity index (χ2v) is 48.0. The number of nitrogens with zero attached hydrogens (tertiary/aromatic N) is 15. The third-order valence-electron chi connectivity index (χ3n) is 17.9. The summed E-state index contributed by atoms with van der Waals surface area (Å²) in [7, 11) is -28.2. The number of aromatic nitrogens is 14. The smallest absolute Gasteiger partial charge is 0.870 e. The number of phosphoric acid groups is 2. The molecule has 658 valence electrons. The number of anilines is 4. The third kappa shape index (κ3) is 26.1. The van der Waals surface area contributed by atoms with Crippen molar-refractivity contribution in [2.75, 3.05) is 61.2 Å². The number of aliphatic hydroxyl groups excluding tert-OH is 5. The molecule has 7 aromatic rings. The van der Waals surface area contributed by atoms with Gasteiger partial charge in [-0.25, -0.2) is 38.4 Å². The van der Waals surface area contributed by atoms with Crippen LogP contribution in [-0.2, 0) is 55.0 Å². The number of nitrogen functional groups attached to an aromatic ring is 3. The van der Waals surface area contributed by atoms with Gasteiger partial charge in [0.15, 0.2) is 45.0 Å². The first-order valence-corrected chi connectivity index (χ1v) is 49.8. The summed E-state index contributed by atoms with van der Waals surface area (Å²) in [6, 6.07) is -1.32. The normalized spacial score (nSPS) is 29.2. The zero-order valence-corrected chi connectivity index (χ0v) is 74.7. The number of nitrogens with two attached hydrogens (primary N) is 4. The van der Waals surface area contributed by atoms with Crippen LogP contribution in [0.5, 0.6) is 0 Å². The Kier molecular flexibility index (Phi) is 34.3. The molecule has 5 aliphatic rings. The second-order valence-electron chi connectivity index (χ2n) is 30.0. The topological polar surface area (TPSA) is 853 Å². The Morgan fingerprint density at radius 1 is 0.551 bits per heavy atom. The number of imidazole rings is 4. The molecule has 0 amide bonds. The summed E-state index contributed by atoms with van der Waals surface area (Å²) < 4.78 is 102. The van der Waals surface area contributed by atoms with E-state index in [0.717, 1.165) is 0 Å². The van der Waals surface area contributed by atoms with Gasteiger partial charge in [-0.15, -0.1) is 0 Å². The fourth-order valence-electron chi connectivity index (χ4n) is 12.7. The van der Waals surface area contributed by atoms with Crippen LogP contribution in [0.15, 0.2) is 35.1 Å². The molecule has 19 atom stereocenters. The van der Waals surface area contributed by atoms with Crippen molar-refractivity contribution in [2.24, 2.45) is 10.7 Å². The van der Waals surface area contributed by atoms with Gasteiger partial charge in [0, 0.05) is 15.0 Å². The van der Waals surface area contributed by atoms with Crippen LogP contribution in [-0.4, -0.2) is 283 Å². The van der Waals surface area contributed by atoms with Gasteiger partial charge in [-0.05, 0) is 66.7 Å². The van der Waals surface area contributed by atoms with Crippen LogP contribution in [0, 0.1) is 11.3 Å². The maximum Gasteiger partial charge on any atom is 1.00 e. The third-order valence-corrected chi connectivity index (χ3v) is 24.2. The maximum atomic E-state index is 12.0. The van der Waals surface area contributed by atoms with E-state index in [1.807, 2.05) is 0 Å². The van der Waals surface area contributed by atoms with Crippen molar-refractivity contribution >= 4 is 140 Å². The van der Waals surface area contributed by atoms with Crippen LogP contribution in [0.4, 0.5) is 23.7 Å². The fourth-order valence-corrected chi connectivity index (χ4v) is 17.8. The van der Waals surface area contributed by atoms with E-state index in [1.54, 1.807) is 24.0 Å². The molecule has 4 aliphatic carbocycles. The van der Waals surface area contributed by atoms with Gasteiger partial charge < -0.3 is 161 Å². The first-order chi connectivity index (χ1) is 52.8. The Bertz CT molecular complexity index is 4980. The number of fused-ring (bicyclic) bond motifs is 4. The van der Waals surface area contributed by atoms with Crippen molar-refractivity contribution in [2.45, 2.75) is 188 Å². The Hall–Kier alpha value is -4.96. The van der Waals surface area contributed by atoms with Crippen molar-refractivity contribution in [3.05, 3.63) is 51.7 Å². The molecule has 8 heterocycles. The molecule has 4 fully saturated rings. The quantitative estimate of drug-likeness (QED) is 0.0202. The van der Waals surface area contributed by atoms with Gasteiger partial charge in [-0.3, -0.25) is 23.5 Å². The standard InChI is InChI=1S/C14H21ClN5O4P.C12H17ClN5O6P.C12H22N5O13P3.C12H18N5O7P.C4H12Si.C2H3N.Na.H2O/c1-14(22)8(4-7(10(14)21)24-6-25(2,3)23)20-5-17-9-11(15)18-13(16)19-12(9)20;1-12(20)6(2-5(8(12)19)24-4-25(21,22)23)18-3-15-7-9(13)16-11(14)17-10(7)18;1-12(20)6(17-3-14-7-9(17)15-11(13)16-10(7)19)2-5(8(12)18)28-4-31(21,22)29-33(26,27)30-32(23,24)25;1-12(20)6(2-5(8(12)18)24-4-25(21,22)23)17-3-14-7-9(17)15-11(13)16-10(7)19;1-5(2,3)4;1-2-3;;/h5,7-8,10,21-22H,4,6H2,1-3H3,(H2,16,18,19);3,5-6,8,19-20H,2,4H2,1H3,(H2,14,16,17)(H2,21,22,23);3,5-6,8,10,18-20H,2,4H2,1H3,(H,21,22)(H,26,27)(H3,13,15,16)(H2,23,24,25);3,5-6,8,18,20H,2,4H2,1H3,(H2,21,22,23)(H3,13,15,16,19);1-4H3;1H3;;1H2/q;;;;;;+1;/p-1/t7-,8+,10+,14-;5-,6+,8+,12-;5-,6+,8+,10?,12-;5-,6+,8+,12-;;;;/m0000..../s1. The van der Waals surface area contributed by atoms with E-state index < -0.39 is 180 Å². The van der Waals surface area contributed by atoms with Crippen molar-refractivity contribution in [1.82, 2.24) is 68.1 Å². The molecule has 1 aliphatic heterocycles. The van der Waals surface area contributed by atoms with Crippen molar-refractivity contribution in [1.29, 1.82) is 5.26 Å². The number of hydrogen-bond donors (Lipinski definition) is 23. The molecule has 0 spiro atoms. The number of ether oxygens (including phenoxy) is 4. The minimum absolute atomic E-state index is 0. The molecule has 0 aromatic carbocycles. The van der Waals surface area contributed by atoms with Gasteiger partial charge in [0.2, 0.25) is 17.8 Å². The first-order valence-electron chi connectivity index (χ1n) is 33.9. The summed E-state index contributed by atoms with van der Waals surface area (Å²) in [6.45, 7) is 19.5. The number of hydrogen-bond acceptors (Lipinski definition) is 39. The SMILES string of the molecule is CC#N.C[C@@]1(O)[C@H](O)[C@@H](OCP(=O)(O)O)C[C@H]1n1cnc2c(=O)[nH]c(N)nc21.C[C@@]1(O)[C@H](O)[C@@H](OCP(=O)(O)O)C[C@H]1n1cnc2c(Cl)nc(N)nc21.C[C@@]1(O)[C@H](O)[C@@H](OCP(=O)(O)OP(=O)(O)OP(=O)(O)O)C[C@H]1n1cnc2c1NC(N)=NC2O.C[C@@]1(O)[C@H](O)[C@@H](OCP(C)(C)=O)C[C@H]1n1cnc2c(Cl)nc(N)nc21.C[Si](C)(C)C.[Na+].[OH-]. The van der Waals surface area contributed by atoms with E-state index in [2.05, 4.69) is 95.0 Å². The number of aromatic amines is 1. The summed E-state index contributed by atoms with van der Waals surface area (Å²) in [6.07, 6.45) is -8.38. The molecule has 28 N–H and O–H groups in total. The molecule has 118 heavy (non-hydrogen) atoms. The number of guanidine groups is 1. The number of rotatable bonds is 20. The van der Waals surface area contributed by atoms with Crippen LogP contribution in [0.25, 0.3) is 33.5 Å². The minimum Gasteiger partial charge on any atom is -0.870 e. The summed E-state index contributed by atoms with van der Waals surface area (Å²) in [5, 5.41) is 105. The zero-order chi connectivity index (χ0) is 87.9. The molecule has 3 unspecified atom stereocenters. The number of aliphatic hydroxyl groups is 9. The average molecular weight is 1870 g/mol. The Morgan fingerprint density at radius 3 is 1.22 bits per heavy atom. The van der Waals surface area contributed by atoms with Crippen LogP contribution in [0.1, 0.15) is 96.4 Å². The average Bonchev–Trinajstić information content (AvgIpc) is 1.61. The fraction of sp³-hybridized carbons (Fsp3) is 0.643. The first kappa shape index (κ1) is 104. The molecule has 0 saturated heterocycles. The largest absolute Gasteiger partial charge is 1.00 e. The van der Waals surface area contributed by atoms with Gasteiger partial charge in [-0.2, -0.15) is 34.5 Å². The Labute approximate surface area is 702 Å². The maximum absolute atomic E-state index is 12.0. The van der Waals surface area contributed by atoms with Crippen LogP contribution < -0.4 is 63.4 Å². The Morgan fingerprint density at radius 2 is 0.873 bits per heavy atom. The molecule has 7 aromatic heterocycles. The molecule has 4 saturated carbocycles.